The van der Waals surface area contributed by atoms with Gasteiger partial charge in [-0.3, -0.25) is 4.79 Å². The maximum absolute atomic E-state index is 10.4. The standard InChI is InChI=1S/C20H34O6/c1-2-3-6-10-18-17(23)14-19(26-18)16(22)13-12-15(21)9-7-4-5-8-11-20(24)25/h4,7,12-13,15-19,21-23H,2-3,5-6,8-11,14H2,1H3,(H,24,25)/b7-4-,13-12-/t15-,16+,17-,18-,19-/m1/s1. The van der Waals surface area contributed by atoms with Crippen LogP contribution in [0.15, 0.2) is 24.3 Å². The van der Waals surface area contributed by atoms with Gasteiger partial charge >= 0.3 is 5.97 Å². The van der Waals surface area contributed by atoms with E-state index in [2.05, 4.69) is 6.92 Å². The Balaban J connectivity index is 2.27. The lowest BCUT2D eigenvalue weighted by Gasteiger charge is -2.17. The molecule has 5 atom stereocenters. The van der Waals surface area contributed by atoms with Crippen LogP contribution in [-0.4, -0.2) is 56.9 Å². The van der Waals surface area contributed by atoms with Gasteiger partial charge in [-0.1, -0.05) is 50.5 Å². The quantitative estimate of drug-likeness (QED) is 0.293. The van der Waals surface area contributed by atoms with Crippen molar-refractivity contribution >= 4 is 5.97 Å². The molecule has 0 aliphatic carbocycles. The number of carboxylic acids is 1. The molecule has 0 aromatic carbocycles. The van der Waals surface area contributed by atoms with E-state index >= 15 is 0 Å². The van der Waals surface area contributed by atoms with Gasteiger partial charge in [0, 0.05) is 12.8 Å². The Kier molecular flexibility index (Phi) is 11.4. The van der Waals surface area contributed by atoms with Gasteiger partial charge < -0.3 is 25.2 Å². The largest absolute Gasteiger partial charge is 0.481 e. The fourth-order valence-corrected chi connectivity index (χ4v) is 3.01. The SMILES string of the molecule is CCCCC[C@H]1O[C@@H]([C@@H](O)/C=C\[C@H](O)C/C=C\CCCC(=O)O)C[C@H]1O. The summed E-state index contributed by atoms with van der Waals surface area (Å²) in [6.07, 6.45) is 10.2. The molecule has 0 saturated carbocycles. The van der Waals surface area contributed by atoms with Gasteiger partial charge in [-0.25, -0.2) is 0 Å². The van der Waals surface area contributed by atoms with Crippen LogP contribution in [0.25, 0.3) is 0 Å². The van der Waals surface area contributed by atoms with Gasteiger partial charge in [-0.15, -0.1) is 0 Å². The van der Waals surface area contributed by atoms with Gasteiger partial charge in [0.05, 0.1) is 30.5 Å². The molecule has 1 rings (SSSR count). The highest BCUT2D eigenvalue weighted by atomic mass is 16.5. The zero-order chi connectivity index (χ0) is 19.4. The third-order valence-corrected chi connectivity index (χ3v) is 4.56. The predicted octanol–water partition coefficient (Wildman–Crippen LogP) is 2.56. The molecule has 26 heavy (non-hydrogen) atoms. The van der Waals surface area contributed by atoms with Crippen LogP contribution in [0.2, 0.25) is 0 Å². The Hall–Kier alpha value is -1.21. The van der Waals surface area contributed by atoms with Gasteiger partial charge in [0.1, 0.15) is 0 Å². The number of aliphatic hydroxyl groups is 3. The molecule has 0 unspecified atom stereocenters. The summed E-state index contributed by atoms with van der Waals surface area (Å²) in [5.41, 5.74) is 0. The summed E-state index contributed by atoms with van der Waals surface area (Å²) in [4.78, 5) is 10.4. The molecule has 1 heterocycles. The lowest BCUT2D eigenvalue weighted by Crippen LogP contribution is -2.25. The van der Waals surface area contributed by atoms with E-state index < -0.39 is 30.4 Å². The van der Waals surface area contributed by atoms with E-state index in [-0.39, 0.29) is 12.5 Å². The molecule has 0 amide bonds. The summed E-state index contributed by atoms with van der Waals surface area (Å²) >= 11 is 0. The van der Waals surface area contributed by atoms with Crippen LogP contribution >= 0.6 is 0 Å². The van der Waals surface area contributed by atoms with Crippen molar-refractivity contribution in [2.75, 3.05) is 0 Å². The smallest absolute Gasteiger partial charge is 0.303 e. The van der Waals surface area contributed by atoms with E-state index in [1.165, 1.54) is 12.2 Å². The highest BCUT2D eigenvalue weighted by molar-refractivity contribution is 5.66. The zero-order valence-electron chi connectivity index (χ0n) is 15.7. The Morgan fingerprint density at radius 3 is 2.65 bits per heavy atom. The second-order valence-corrected chi connectivity index (χ2v) is 6.95. The molecule has 1 aliphatic heterocycles. The normalized spacial score (nSPS) is 25.9. The van der Waals surface area contributed by atoms with Crippen molar-refractivity contribution in [2.24, 2.45) is 0 Å². The average molecular weight is 370 g/mol. The average Bonchev–Trinajstić information content (AvgIpc) is 2.97. The van der Waals surface area contributed by atoms with E-state index in [0.717, 1.165) is 25.7 Å². The molecule has 6 heteroatoms. The van der Waals surface area contributed by atoms with Crippen LogP contribution in [0.4, 0.5) is 0 Å². The lowest BCUT2D eigenvalue weighted by molar-refractivity contribution is -0.137. The predicted molar refractivity (Wildman–Crippen MR) is 99.8 cm³/mol. The number of hydrogen-bond donors (Lipinski definition) is 4. The molecule has 6 nitrogen and oxygen atoms in total. The molecule has 0 radical (unpaired) electrons. The second kappa shape index (κ2) is 13.0. The minimum absolute atomic E-state index is 0.145. The Morgan fingerprint density at radius 2 is 1.96 bits per heavy atom. The summed E-state index contributed by atoms with van der Waals surface area (Å²) in [6, 6.07) is 0. The molecule has 150 valence electrons. The van der Waals surface area contributed by atoms with Crippen molar-refractivity contribution in [1.29, 1.82) is 0 Å². The Labute approximate surface area is 156 Å². The molecule has 4 N–H and O–H groups in total. The molecule has 0 spiro atoms. The minimum Gasteiger partial charge on any atom is -0.481 e. The number of ether oxygens (including phenoxy) is 1. The number of rotatable bonds is 13. The van der Waals surface area contributed by atoms with Crippen LogP contribution < -0.4 is 0 Å². The number of allylic oxidation sites excluding steroid dienone is 1. The molecular weight excluding hydrogens is 336 g/mol. The van der Waals surface area contributed by atoms with E-state index in [1.807, 2.05) is 12.2 Å². The number of carbonyl (C=O) groups is 1. The molecular formula is C20H34O6. The Morgan fingerprint density at radius 1 is 1.19 bits per heavy atom. The summed E-state index contributed by atoms with van der Waals surface area (Å²) in [5.74, 6) is -0.804. The van der Waals surface area contributed by atoms with Gasteiger partial charge in [0.15, 0.2) is 0 Å². The third-order valence-electron chi connectivity index (χ3n) is 4.56. The first-order valence-electron chi connectivity index (χ1n) is 9.68. The van der Waals surface area contributed by atoms with E-state index in [4.69, 9.17) is 9.84 Å². The molecule has 1 aliphatic rings. The number of hydrogen-bond acceptors (Lipinski definition) is 5. The molecule has 0 aromatic heterocycles. The Bertz CT molecular complexity index is 448. The first-order chi connectivity index (χ1) is 12.4. The highest BCUT2D eigenvalue weighted by Gasteiger charge is 2.36. The zero-order valence-corrected chi connectivity index (χ0v) is 15.7. The summed E-state index contributed by atoms with van der Waals surface area (Å²) in [7, 11) is 0. The van der Waals surface area contributed by atoms with Crippen molar-refractivity contribution in [3.63, 3.8) is 0 Å². The maximum atomic E-state index is 10.4. The van der Waals surface area contributed by atoms with Gasteiger partial charge in [-0.05, 0) is 25.7 Å². The third kappa shape index (κ3) is 9.48. The van der Waals surface area contributed by atoms with Gasteiger partial charge in [0.25, 0.3) is 0 Å². The van der Waals surface area contributed by atoms with Gasteiger partial charge in [-0.2, -0.15) is 0 Å². The van der Waals surface area contributed by atoms with Crippen molar-refractivity contribution in [3.05, 3.63) is 24.3 Å². The maximum Gasteiger partial charge on any atom is 0.303 e. The monoisotopic (exact) mass is 370 g/mol. The molecule has 1 saturated heterocycles. The van der Waals surface area contributed by atoms with E-state index in [0.29, 0.717) is 25.7 Å². The van der Waals surface area contributed by atoms with Crippen LogP contribution in [0.1, 0.15) is 64.7 Å². The topological polar surface area (TPSA) is 107 Å². The number of aliphatic carboxylic acids is 1. The molecule has 0 aromatic rings. The van der Waals surface area contributed by atoms with Crippen LogP contribution in [0.3, 0.4) is 0 Å². The molecule has 0 bridgehead atoms. The van der Waals surface area contributed by atoms with Crippen LogP contribution in [0, 0.1) is 0 Å². The first kappa shape index (κ1) is 22.8. The minimum atomic E-state index is -0.852. The van der Waals surface area contributed by atoms with E-state index in [9.17, 15) is 20.1 Å². The summed E-state index contributed by atoms with van der Waals surface area (Å²) in [6.45, 7) is 2.12. The second-order valence-electron chi connectivity index (χ2n) is 6.95. The van der Waals surface area contributed by atoms with Crippen molar-refractivity contribution in [3.8, 4) is 0 Å². The fourth-order valence-electron chi connectivity index (χ4n) is 3.01. The molecule has 1 fully saturated rings. The van der Waals surface area contributed by atoms with Crippen LogP contribution in [-0.2, 0) is 9.53 Å². The highest BCUT2D eigenvalue weighted by Crippen LogP contribution is 2.27. The van der Waals surface area contributed by atoms with Crippen molar-refractivity contribution < 1.29 is 30.0 Å². The lowest BCUT2D eigenvalue weighted by atomic mass is 10.0. The van der Waals surface area contributed by atoms with Crippen LogP contribution in [0.5, 0.6) is 0 Å². The summed E-state index contributed by atoms with van der Waals surface area (Å²) < 4.78 is 5.76. The van der Waals surface area contributed by atoms with E-state index in [1.54, 1.807) is 0 Å². The first-order valence-corrected chi connectivity index (χ1v) is 9.68. The number of unbranched alkanes of at least 4 members (excludes halogenated alkanes) is 3. The number of carboxylic acid groups (broad SMARTS) is 1. The summed E-state index contributed by atoms with van der Waals surface area (Å²) in [5, 5.41) is 38.7. The van der Waals surface area contributed by atoms with Gasteiger partial charge in [0.2, 0.25) is 0 Å². The van der Waals surface area contributed by atoms with Crippen molar-refractivity contribution in [1.82, 2.24) is 0 Å². The van der Waals surface area contributed by atoms with Crippen molar-refractivity contribution in [2.45, 2.75) is 95.2 Å². The number of aliphatic hydroxyl groups excluding tert-OH is 3. The fraction of sp³-hybridized carbons (Fsp3) is 0.750.